The first-order chi connectivity index (χ1) is 11.7. The van der Waals surface area contributed by atoms with Crippen molar-refractivity contribution in [3.05, 3.63) is 96.1 Å². The van der Waals surface area contributed by atoms with Gasteiger partial charge < -0.3 is 10.4 Å². The van der Waals surface area contributed by atoms with E-state index >= 15 is 0 Å². The van der Waals surface area contributed by atoms with Crippen LogP contribution in [-0.2, 0) is 6.54 Å². The van der Waals surface area contributed by atoms with Gasteiger partial charge in [0.05, 0.1) is 0 Å². The molecule has 0 radical (unpaired) electrons. The second kappa shape index (κ2) is 7.91. The van der Waals surface area contributed by atoms with E-state index in [0.29, 0.717) is 0 Å². The summed E-state index contributed by atoms with van der Waals surface area (Å²) in [5, 5.41) is 12.6. The molecule has 0 aromatic heterocycles. The van der Waals surface area contributed by atoms with Gasteiger partial charge in [-0.15, -0.1) is 0 Å². The van der Waals surface area contributed by atoms with Crippen molar-refractivity contribution in [1.29, 1.82) is 0 Å². The van der Waals surface area contributed by atoms with Crippen molar-refractivity contribution in [3.8, 4) is 11.1 Å². The molecule has 122 valence electrons. The minimum Gasteiger partial charge on any atom is -0.382 e. The van der Waals surface area contributed by atoms with Gasteiger partial charge in [-0.3, -0.25) is 0 Å². The molecule has 0 unspecified atom stereocenters. The summed E-state index contributed by atoms with van der Waals surface area (Å²) in [5.74, 6) is 0. The SMILES string of the molecule is C[C@H]([NH2+]Cc1ccc(-c2ccccc2)cc1)[C@H](O)c1ccccc1. The van der Waals surface area contributed by atoms with E-state index in [4.69, 9.17) is 0 Å². The lowest BCUT2D eigenvalue weighted by molar-refractivity contribution is -0.709. The number of quaternary nitrogens is 1. The average molecular weight is 318 g/mol. The predicted molar refractivity (Wildman–Crippen MR) is 98.4 cm³/mol. The highest BCUT2D eigenvalue weighted by molar-refractivity contribution is 5.63. The Hall–Kier alpha value is -2.42. The maximum absolute atomic E-state index is 10.4. The Morgan fingerprint density at radius 2 is 1.29 bits per heavy atom. The summed E-state index contributed by atoms with van der Waals surface area (Å²) in [6.45, 7) is 2.93. The fraction of sp³-hybridized carbons (Fsp3) is 0.182. The molecule has 0 bridgehead atoms. The molecule has 3 N–H and O–H groups in total. The van der Waals surface area contributed by atoms with Crippen molar-refractivity contribution in [3.63, 3.8) is 0 Å². The first kappa shape index (κ1) is 16.4. The Morgan fingerprint density at radius 1 is 0.750 bits per heavy atom. The van der Waals surface area contributed by atoms with Gasteiger partial charge in [-0.2, -0.15) is 0 Å². The minimum atomic E-state index is -0.449. The Kier molecular flexibility index (Phi) is 5.42. The van der Waals surface area contributed by atoms with Crippen LogP contribution in [0.4, 0.5) is 0 Å². The van der Waals surface area contributed by atoms with Gasteiger partial charge in [0.2, 0.25) is 0 Å². The molecule has 2 nitrogen and oxygen atoms in total. The Balaban J connectivity index is 1.59. The Bertz CT molecular complexity index is 738. The van der Waals surface area contributed by atoms with E-state index in [-0.39, 0.29) is 6.04 Å². The van der Waals surface area contributed by atoms with E-state index in [9.17, 15) is 5.11 Å². The standard InChI is InChI=1S/C22H23NO/c1-17(22(24)21-10-6-3-7-11-21)23-16-18-12-14-20(15-13-18)19-8-4-2-5-9-19/h2-15,17,22-24H,16H2,1H3/p+1/t17-,22-/m0/s1. The van der Waals surface area contributed by atoms with Gasteiger partial charge >= 0.3 is 0 Å². The molecule has 24 heavy (non-hydrogen) atoms. The highest BCUT2D eigenvalue weighted by Crippen LogP contribution is 2.19. The van der Waals surface area contributed by atoms with Crippen LogP contribution in [0, 0.1) is 0 Å². The summed E-state index contributed by atoms with van der Waals surface area (Å²) in [7, 11) is 0. The van der Waals surface area contributed by atoms with Gasteiger partial charge in [-0.05, 0) is 23.6 Å². The lowest BCUT2D eigenvalue weighted by Gasteiger charge is -2.18. The molecule has 3 rings (SSSR count). The zero-order chi connectivity index (χ0) is 16.8. The van der Waals surface area contributed by atoms with Crippen LogP contribution in [0.2, 0.25) is 0 Å². The van der Waals surface area contributed by atoms with Crippen LogP contribution in [0.1, 0.15) is 24.2 Å². The van der Waals surface area contributed by atoms with Crippen LogP contribution in [0.25, 0.3) is 11.1 Å². The third kappa shape index (κ3) is 4.10. The number of benzene rings is 3. The predicted octanol–water partition coefficient (Wildman–Crippen LogP) is 3.54. The molecule has 0 saturated heterocycles. The second-order valence-corrected chi connectivity index (χ2v) is 6.22. The summed E-state index contributed by atoms with van der Waals surface area (Å²) >= 11 is 0. The van der Waals surface area contributed by atoms with Crippen molar-refractivity contribution >= 4 is 0 Å². The van der Waals surface area contributed by atoms with Gasteiger partial charge in [0.1, 0.15) is 18.7 Å². The van der Waals surface area contributed by atoms with E-state index in [1.165, 1.54) is 16.7 Å². The van der Waals surface area contributed by atoms with E-state index < -0.39 is 6.10 Å². The molecule has 0 aliphatic heterocycles. The van der Waals surface area contributed by atoms with Gasteiger partial charge in [-0.25, -0.2) is 0 Å². The zero-order valence-corrected chi connectivity index (χ0v) is 14.0. The summed E-state index contributed by atoms with van der Waals surface area (Å²) in [6.07, 6.45) is -0.449. The highest BCUT2D eigenvalue weighted by atomic mass is 16.3. The maximum atomic E-state index is 10.4. The summed E-state index contributed by atoms with van der Waals surface area (Å²) in [4.78, 5) is 0. The molecule has 2 atom stereocenters. The van der Waals surface area contributed by atoms with Gasteiger partial charge in [0, 0.05) is 5.56 Å². The zero-order valence-electron chi connectivity index (χ0n) is 14.0. The van der Waals surface area contributed by atoms with Gasteiger partial charge in [-0.1, -0.05) is 84.9 Å². The molecule has 0 saturated carbocycles. The number of hydrogen-bond donors (Lipinski definition) is 2. The topological polar surface area (TPSA) is 36.8 Å². The van der Waals surface area contributed by atoms with E-state index in [1.807, 2.05) is 36.4 Å². The molecule has 2 heteroatoms. The Morgan fingerprint density at radius 3 is 1.92 bits per heavy atom. The van der Waals surface area contributed by atoms with Crippen LogP contribution in [0.3, 0.4) is 0 Å². The first-order valence-corrected chi connectivity index (χ1v) is 8.45. The number of hydrogen-bond acceptors (Lipinski definition) is 1. The molecule has 0 spiro atoms. The van der Waals surface area contributed by atoms with Gasteiger partial charge in [0.15, 0.2) is 0 Å². The van der Waals surface area contributed by atoms with Crippen molar-refractivity contribution in [1.82, 2.24) is 0 Å². The van der Waals surface area contributed by atoms with E-state index in [2.05, 4.69) is 60.8 Å². The minimum absolute atomic E-state index is 0.112. The van der Waals surface area contributed by atoms with Gasteiger partial charge in [0.25, 0.3) is 0 Å². The maximum Gasteiger partial charge on any atom is 0.130 e. The van der Waals surface area contributed by atoms with E-state index in [1.54, 1.807) is 0 Å². The van der Waals surface area contributed by atoms with Crippen LogP contribution in [-0.4, -0.2) is 11.1 Å². The largest absolute Gasteiger partial charge is 0.382 e. The monoisotopic (exact) mass is 318 g/mol. The van der Waals surface area contributed by atoms with Crippen molar-refractivity contribution < 1.29 is 10.4 Å². The average Bonchev–Trinajstić information content (AvgIpc) is 2.67. The van der Waals surface area contributed by atoms with Crippen molar-refractivity contribution in [2.24, 2.45) is 0 Å². The molecule has 0 aliphatic carbocycles. The quantitative estimate of drug-likeness (QED) is 0.716. The van der Waals surface area contributed by atoms with Crippen molar-refractivity contribution in [2.45, 2.75) is 25.6 Å². The summed E-state index contributed by atoms with van der Waals surface area (Å²) < 4.78 is 0. The lowest BCUT2D eigenvalue weighted by Crippen LogP contribution is -2.88. The molecular weight excluding hydrogens is 294 g/mol. The first-order valence-electron chi connectivity index (χ1n) is 8.45. The molecule has 3 aromatic carbocycles. The lowest BCUT2D eigenvalue weighted by atomic mass is 10.0. The number of aliphatic hydroxyl groups is 1. The summed E-state index contributed by atoms with van der Waals surface area (Å²) in [5.41, 5.74) is 4.71. The Labute approximate surface area is 143 Å². The van der Waals surface area contributed by atoms with Crippen LogP contribution in [0.5, 0.6) is 0 Å². The van der Waals surface area contributed by atoms with Crippen LogP contribution in [0.15, 0.2) is 84.9 Å². The molecule has 0 aliphatic rings. The molecule has 0 fully saturated rings. The second-order valence-electron chi connectivity index (χ2n) is 6.22. The molecular formula is C22H24NO+. The number of nitrogens with two attached hydrogens (primary N) is 1. The highest BCUT2D eigenvalue weighted by Gasteiger charge is 2.18. The smallest absolute Gasteiger partial charge is 0.130 e. The third-order valence-corrected chi connectivity index (χ3v) is 4.43. The fourth-order valence-corrected chi connectivity index (χ4v) is 2.87. The number of aliphatic hydroxyl groups excluding tert-OH is 1. The third-order valence-electron chi connectivity index (χ3n) is 4.43. The summed E-state index contributed by atoms with van der Waals surface area (Å²) in [6, 6.07) is 29.0. The normalized spacial score (nSPS) is 13.4. The molecule has 0 amide bonds. The van der Waals surface area contributed by atoms with E-state index in [0.717, 1.165) is 12.1 Å². The van der Waals surface area contributed by atoms with Crippen LogP contribution < -0.4 is 5.32 Å². The van der Waals surface area contributed by atoms with Crippen LogP contribution >= 0.6 is 0 Å². The molecule has 0 heterocycles. The number of rotatable bonds is 6. The molecule has 3 aromatic rings. The fourth-order valence-electron chi connectivity index (χ4n) is 2.87. The van der Waals surface area contributed by atoms with Crippen molar-refractivity contribution in [2.75, 3.05) is 0 Å².